The molecule has 2 aromatic carbocycles. The van der Waals surface area contributed by atoms with Gasteiger partial charge in [-0.3, -0.25) is 9.59 Å². The molecule has 27 heavy (non-hydrogen) atoms. The molecule has 4 heteroatoms. The number of benzene rings is 2. The van der Waals surface area contributed by atoms with Crippen molar-refractivity contribution in [3.63, 3.8) is 0 Å². The predicted octanol–water partition coefficient (Wildman–Crippen LogP) is 3.48. The van der Waals surface area contributed by atoms with E-state index >= 15 is 0 Å². The molecule has 0 spiro atoms. The number of carbonyl (C=O) groups is 2. The molecule has 144 valence electrons. The maximum atomic E-state index is 12.8. The van der Waals surface area contributed by atoms with Gasteiger partial charge in [0.2, 0.25) is 5.91 Å². The standard InChI is InChI=1S/C23H30N2O2/c1-16(26)22(14-20-8-5-7-18-6-3-4-9-21(18)20)25-23(27)19-12-10-17(11-13-19)15-24-2/h3-9,17,19,22,24H,10-15H2,1-2H3,(H,25,27)/t17?,19?,22-/m0/s1. The van der Waals surface area contributed by atoms with Crippen molar-refractivity contribution >= 4 is 22.5 Å². The number of fused-ring (bicyclic) bond motifs is 1. The van der Waals surface area contributed by atoms with Crippen LogP contribution in [0.4, 0.5) is 0 Å². The highest BCUT2D eigenvalue weighted by atomic mass is 16.2. The smallest absolute Gasteiger partial charge is 0.223 e. The number of hydrogen-bond donors (Lipinski definition) is 2. The second kappa shape index (κ2) is 9.14. The van der Waals surface area contributed by atoms with E-state index in [9.17, 15) is 9.59 Å². The van der Waals surface area contributed by atoms with E-state index in [4.69, 9.17) is 0 Å². The summed E-state index contributed by atoms with van der Waals surface area (Å²) in [6.07, 6.45) is 4.52. The molecular formula is C23H30N2O2. The summed E-state index contributed by atoms with van der Waals surface area (Å²) in [5, 5.41) is 8.57. The van der Waals surface area contributed by atoms with Crippen molar-refractivity contribution in [3.05, 3.63) is 48.0 Å². The Morgan fingerprint density at radius 2 is 1.74 bits per heavy atom. The summed E-state index contributed by atoms with van der Waals surface area (Å²) >= 11 is 0. The molecule has 0 aliphatic heterocycles. The number of amides is 1. The molecule has 2 aromatic rings. The zero-order valence-electron chi connectivity index (χ0n) is 16.3. The highest BCUT2D eigenvalue weighted by Gasteiger charge is 2.28. The van der Waals surface area contributed by atoms with Crippen LogP contribution in [0.2, 0.25) is 0 Å². The number of rotatable bonds is 7. The van der Waals surface area contributed by atoms with Gasteiger partial charge in [-0.1, -0.05) is 42.5 Å². The number of ketones is 1. The van der Waals surface area contributed by atoms with Crippen LogP contribution in [0.25, 0.3) is 10.8 Å². The Hall–Kier alpha value is -2.20. The van der Waals surface area contributed by atoms with Crippen LogP contribution < -0.4 is 10.6 Å². The zero-order valence-corrected chi connectivity index (χ0v) is 16.3. The third kappa shape index (κ3) is 4.95. The lowest BCUT2D eigenvalue weighted by atomic mass is 9.81. The van der Waals surface area contributed by atoms with Crippen LogP contribution in [0.15, 0.2) is 42.5 Å². The van der Waals surface area contributed by atoms with Crippen LogP contribution >= 0.6 is 0 Å². The summed E-state index contributed by atoms with van der Waals surface area (Å²) in [6, 6.07) is 13.9. The van der Waals surface area contributed by atoms with Gasteiger partial charge in [0.25, 0.3) is 0 Å². The van der Waals surface area contributed by atoms with Gasteiger partial charge in [-0.2, -0.15) is 0 Å². The highest BCUT2D eigenvalue weighted by molar-refractivity contribution is 5.90. The summed E-state index contributed by atoms with van der Waals surface area (Å²) in [5.41, 5.74) is 1.10. The fourth-order valence-electron chi connectivity index (χ4n) is 4.19. The first-order chi connectivity index (χ1) is 13.1. The Labute approximate surface area is 161 Å². The van der Waals surface area contributed by atoms with Gasteiger partial charge in [-0.15, -0.1) is 0 Å². The molecule has 2 N–H and O–H groups in total. The average Bonchev–Trinajstić information content (AvgIpc) is 2.68. The van der Waals surface area contributed by atoms with Gasteiger partial charge in [0.1, 0.15) is 0 Å². The zero-order chi connectivity index (χ0) is 19.2. The molecule has 0 unspecified atom stereocenters. The van der Waals surface area contributed by atoms with Crippen molar-refractivity contribution < 1.29 is 9.59 Å². The molecule has 0 radical (unpaired) electrons. The van der Waals surface area contributed by atoms with Crippen molar-refractivity contribution in [1.29, 1.82) is 0 Å². The van der Waals surface area contributed by atoms with Gasteiger partial charge >= 0.3 is 0 Å². The first-order valence-electron chi connectivity index (χ1n) is 10.0. The van der Waals surface area contributed by atoms with Gasteiger partial charge in [-0.05, 0) is 68.5 Å². The topological polar surface area (TPSA) is 58.2 Å². The van der Waals surface area contributed by atoms with Crippen molar-refractivity contribution in [3.8, 4) is 0 Å². The van der Waals surface area contributed by atoms with Gasteiger partial charge in [0.05, 0.1) is 6.04 Å². The summed E-state index contributed by atoms with van der Waals surface area (Å²) in [6.45, 7) is 2.59. The van der Waals surface area contributed by atoms with E-state index in [1.54, 1.807) is 6.92 Å². The molecule has 4 nitrogen and oxygen atoms in total. The van der Waals surface area contributed by atoms with E-state index in [0.717, 1.165) is 48.6 Å². The number of hydrogen-bond acceptors (Lipinski definition) is 3. The van der Waals surface area contributed by atoms with Gasteiger partial charge in [-0.25, -0.2) is 0 Å². The van der Waals surface area contributed by atoms with Crippen molar-refractivity contribution in [1.82, 2.24) is 10.6 Å². The van der Waals surface area contributed by atoms with Crippen LogP contribution in [-0.2, 0) is 16.0 Å². The lowest BCUT2D eigenvalue weighted by molar-refractivity contribution is -0.130. The predicted molar refractivity (Wildman–Crippen MR) is 110 cm³/mol. The largest absolute Gasteiger partial charge is 0.346 e. The quantitative estimate of drug-likeness (QED) is 0.789. The first kappa shape index (κ1) is 19.6. The van der Waals surface area contributed by atoms with E-state index in [1.807, 2.05) is 31.3 Å². The fourth-order valence-corrected chi connectivity index (χ4v) is 4.19. The van der Waals surface area contributed by atoms with Crippen LogP contribution in [-0.4, -0.2) is 31.3 Å². The van der Waals surface area contributed by atoms with Gasteiger partial charge in [0, 0.05) is 12.3 Å². The first-order valence-corrected chi connectivity index (χ1v) is 10.0. The molecular weight excluding hydrogens is 336 g/mol. The van der Waals surface area contributed by atoms with Gasteiger partial charge < -0.3 is 10.6 Å². The monoisotopic (exact) mass is 366 g/mol. The minimum absolute atomic E-state index is 0.0140. The summed E-state index contributed by atoms with van der Waals surface area (Å²) in [7, 11) is 1.98. The average molecular weight is 367 g/mol. The third-order valence-electron chi connectivity index (χ3n) is 5.82. The fraction of sp³-hybridized carbons (Fsp3) is 0.478. The lowest BCUT2D eigenvalue weighted by Crippen LogP contribution is -2.45. The minimum Gasteiger partial charge on any atom is -0.346 e. The molecule has 1 aliphatic rings. The SMILES string of the molecule is CNCC1CCC(C(=O)N[C@@H](Cc2cccc3ccccc23)C(C)=O)CC1. The molecule has 0 saturated heterocycles. The van der Waals surface area contributed by atoms with E-state index in [1.165, 1.54) is 0 Å². The van der Waals surface area contributed by atoms with E-state index in [-0.39, 0.29) is 17.6 Å². The Morgan fingerprint density at radius 1 is 1.04 bits per heavy atom. The maximum Gasteiger partial charge on any atom is 0.223 e. The minimum atomic E-state index is -0.460. The Morgan fingerprint density at radius 3 is 2.44 bits per heavy atom. The molecule has 0 heterocycles. The molecule has 0 bridgehead atoms. The van der Waals surface area contributed by atoms with E-state index in [0.29, 0.717) is 12.3 Å². The van der Waals surface area contributed by atoms with Crippen molar-refractivity contribution in [2.24, 2.45) is 11.8 Å². The third-order valence-corrected chi connectivity index (χ3v) is 5.82. The van der Waals surface area contributed by atoms with Crippen LogP contribution in [0.5, 0.6) is 0 Å². The van der Waals surface area contributed by atoms with Crippen LogP contribution in [0.3, 0.4) is 0 Å². The second-order valence-corrected chi connectivity index (χ2v) is 7.79. The Kier molecular flexibility index (Phi) is 6.62. The molecule has 1 fully saturated rings. The Balaban J connectivity index is 1.66. The van der Waals surface area contributed by atoms with Crippen LogP contribution in [0, 0.1) is 11.8 Å². The summed E-state index contributed by atoms with van der Waals surface area (Å²) in [5.74, 6) is 0.754. The Bertz CT molecular complexity index is 789. The normalized spacial score (nSPS) is 21.0. The van der Waals surface area contributed by atoms with Crippen molar-refractivity contribution in [2.45, 2.75) is 45.1 Å². The van der Waals surface area contributed by atoms with Gasteiger partial charge in [0.15, 0.2) is 5.78 Å². The molecule has 3 rings (SSSR count). The van der Waals surface area contributed by atoms with E-state index < -0.39 is 6.04 Å². The molecule has 1 atom stereocenters. The van der Waals surface area contributed by atoms with Crippen LogP contribution in [0.1, 0.15) is 38.2 Å². The molecule has 0 aromatic heterocycles. The number of Topliss-reactive ketones (excluding diaryl/α,β-unsaturated/α-hetero) is 1. The molecule has 1 amide bonds. The highest BCUT2D eigenvalue weighted by Crippen LogP contribution is 2.28. The summed E-state index contributed by atoms with van der Waals surface area (Å²) in [4.78, 5) is 25.0. The molecule has 1 saturated carbocycles. The van der Waals surface area contributed by atoms with Crippen molar-refractivity contribution in [2.75, 3.05) is 13.6 Å². The lowest BCUT2D eigenvalue weighted by Gasteiger charge is -2.29. The maximum absolute atomic E-state index is 12.8. The summed E-state index contributed by atoms with van der Waals surface area (Å²) < 4.78 is 0. The number of nitrogens with one attached hydrogen (secondary N) is 2. The second-order valence-electron chi connectivity index (χ2n) is 7.79. The number of carbonyl (C=O) groups excluding carboxylic acids is 2. The molecule has 1 aliphatic carbocycles. The van der Waals surface area contributed by atoms with E-state index in [2.05, 4.69) is 28.8 Å².